The van der Waals surface area contributed by atoms with Crippen molar-refractivity contribution in [1.82, 2.24) is 4.90 Å². The normalized spacial score (nSPS) is 17.6. The van der Waals surface area contributed by atoms with Crippen LogP contribution in [0.3, 0.4) is 0 Å². The molecule has 0 saturated carbocycles. The molecule has 24 heavy (non-hydrogen) atoms. The fourth-order valence-electron chi connectivity index (χ4n) is 2.77. The largest absolute Gasteiger partial charge is 0.472 e. The maximum Gasteiger partial charge on any atom is 0.257 e. The van der Waals surface area contributed by atoms with Gasteiger partial charge in [-0.1, -0.05) is 27.5 Å². The van der Waals surface area contributed by atoms with E-state index in [1.807, 2.05) is 6.07 Å². The summed E-state index contributed by atoms with van der Waals surface area (Å²) in [6.45, 7) is 1.04. The van der Waals surface area contributed by atoms with Gasteiger partial charge in [-0.15, -0.1) is 0 Å². The summed E-state index contributed by atoms with van der Waals surface area (Å²) < 4.78 is 5.80. The smallest absolute Gasteiger partial charge is 0.257 e. The number of carbonyl (C=O) groups excluding carboxylic acids is 2. The molecule has 0 spiro atoms. The molecule has 2 amide bonds. The third kappa shape index (κ3) is 3.82. The molecule has 5 nitrogen and oxygen atoms in total. The Morgan fingerprint density at radius 2 is 2.17 bits per heavy atom. The van der Waals surface area contributed by atoms with Crippen LogP contribution >= 0.6 is 27.5 Å². The molecule has 126 valence electrons. The minimum absolute atomic E-state index is 0.108. The molecule has 0 unspecified atom stereocenters. The van der Waals surface area contributed by atoms with E-state index in [4.69, 9.17) is 16.0 Å². The lowest BCUT2D eigenvalue weighted by molar-refractivity contribution is -0.121. The molecule has 3 rings (SSSR count). The van der Waals surface area contributed by atoms with Crippen molar-refractivity contribution in [2.24, 2.45) is 5.92 Å². The first-order valence-electron chi connectivity index (χ1n) is 7.62. The van der Waals surface area contributed by atoms with Crippen LogP contribution in [0.1, 0.15) is 23.2 Å². The van der Waals surface area contributed by atoms with Gasteiger partial charge >= 0.3 is 0 Å². The van der Waals surface area contributed by atoms with Gasteiger partial charge in [0.05, 0.1) is 28.5 Å². The Hall–Kier alpha value is -1.79. The fourth-order valence-corrected chi connectivity index (χ4v) is 3.49. The molecule has 1 aliphatic heterocycles. The molecule has 1 atom stereocenters. The predicted molar refractivity (Wildman–Crippen MR) is 95.1 cm³/mol. The van der Waals surface area contributed by atoms with E-state index in [0.717, 1.165) is 17.3 Å². The van der Waals surface area contributed by atoms with Crippen LogP contribution in [0.15, 0.2) is 45.7 Å². The van der Waals surface area contributed by atoms with Crippen molar-refractivity contribution in [2.75, 3.05) is 18.4 Å². The van der Waals surface area contributed by atoms with Crippen molar-refractivity contribution in [3.63, 3.8) is 0 Å². The van der Waals surface area contributed by atoms with E-state index in [0.29, 0.717) is 29.4 Å². The lowest BCUT2D eigenvalue weighted by Crippen LogP contribution is -2.43. The van der Waals surface area contributed by atoms with Crippen LogP contribution in [0.2, 0.25) is 5.02 Å². The SMILES string of the molecule is O=C(Nc1ccc(Br)cc1Cl)[C@@H]1CCCN(C(=O)c2ccoc2)C1. The molecule has 7 heteroatoms. The number of benzene rings is 1. The van der Waals surface area contributed by atoms with Gasteiger partial charge in [0.2, 0.25) is 5.91 Å². The van der Waals surface area contributed by atoms with E-state index in [2.05, 4.69) is 21.2 Å². The summed E-state index contributed by atoms with van der Waals surface area (Å²) >= 11 is 9.47. The summed E-state index contributed by atoms with van der Waals surface area (Å²) in [4.78, 5) is 26.6. The molecule has 1 aromatic heterocycles. The van der Waals surface area contributed by atoms with Gasteiger partial charge in [0.15, 0.2) is 0 Å². The number of nitrogens with zero attached hydrogens (tertiary/aromatic N) is 1. The molecule has 2 heterocycles. The second-order valence-electron chi connectivity index (χ2n) is 5.72. The number of hydrogen-bond donors (Lipinski definition) is 1. The van der Waals surface area contributed by atoms with Gasteiger partial charge in [0.25, 0.3) is 5.91 Å². The summed E-state index contributed by atoms with van der Waals surface area (Å²) in [6, 6.07) is 6.93. The number of halogens is 2. The van der Waals surface area contributed by atoms with Crippen LogP contribution in [-0.4, -0.2) is 29.8 Å². The Kier molecular flexibility index (Phi) is 5.26. The quantitative estimate of drug-likeness (QED) is 0.824. The van der Waals surface area contributed by atoms with Gasteiger partial charge in [-0.25, -0.2) is 0 Å². The summed E-state index contributed by atoms with van der Waals surface area (Å²) in [5, 5.41) is 3.33. The molecule has 1 aromatic carbocycles. The van der Waals surface area contributed by atoms with Crippen molar-refractivity contribution in [1.29, 1.82) is 0 Å². The van der Waals surface area contributed by atoms with Crippen molar-refractivity contribution in [3.8, 4) is 0 Å². The van der Waals surface area contributed by atoms with Crippen molar-refractivity contribution in [2.45, 2.75) is 12.8 Å². The monoisotopic (exact) mass is 410 g/mol. The first kappa shape index (κ1) is 17.0. The number of rotatable bonds is 3. The molecule has 0 aliphatic carbocycles. The summed E-state index contributed by atoms with van der Waals surface area (Å²) in [7, 11) is 0. The lowest BCUT2D eigenvalue weighted by atomic mass is 9.96. The Balaban J connectivity index is 1.65. The number of anilines is 1. The number of nitrogens with one attached hydrogen (secondary N) is 1. The Morgan fingerprint density at radius 1 is 1.33 bits per heavy atom. The number of amides is 2. The van der Waals surface area contributed by atoms with Crippen LogP contribution in [0, 0.1) is 5.92 Å². The Labute approximate surface area is 153 Å². The molecule has 0 radical (unpaired) electrons. The number of furan rings is 1. The van der Waals surface area contributed by atoms with Gasteiger partial charge in [-0.3, -0.25) is 9.59 Å². The van der Waals surface area contributed by atoms with E-state index in [9.17, 15) is 9.59 Å². The number of likely N-dealkylation sites (tertiary alicyclic amines) is 1. The van der Waals surface area contributed by atoms with Crippen molar-refractivity contribution in [3.05, 3.63) is 51.9 Å². The number of piperidine rings is 1. The molecular formula is C17H16BrClN2O3. The fraction of sp³-hybridized carbons (Fsp3) is 0.294. The highest BCUT2D eigenvalue weighted by atomic mass is 79.9. The van der Waals surface area contributed by atoms with E-state index < -0.39 is 0 Å². The van der Waals surface area contributed by atoms with E-state index in [-0.39, 0.29) is 17.7 Å². The first-order valence-corrected chi connectivity index (χ1v) is 8.79. The molecule has 1 N–H and O–H groups in total. The third-order valence-corrected chi connectivity index (χ3v) is 4.84. The van der Waals surface area contributed by atoms with Crippen LogP contribution in [-0.2, 0) is 4.79 Å². The highest BCUT2D eigenvalue weighted by Gasteiger charge is 2.29. The molecule has 1 fully saturated rings. The van der Waals surface area contributed by atoms with Crippen molar-refractivity contribution < 1.29 is 14.0 Å². The summed E-state index contributed by atoms with van der Waals surface area (Å²) in [5.74, 6) is -0.485. The summed E-state index contributed by atoms with van der Waals surface area (Å²) in [6.07, 6.45) is 4.43. The van der Waals surface area contributed by atoms with Gasteiger partial charge in [0.1, 0.15) is 6.26 Å². The molecular weight excluding hydrogens is 396 g/mol. The van der Waals surface area contributed by atoms with Gasteiger partial charge in [-0.2, -0.15) is 0 Å². The van der Waals surface area contributed by atoms with Gasteiger partial charge in [0, 0.05) is 17.6 Å². The highest BCUT2D eigenvalue weighted by molar-refractivity contribution is 9.10. The number of carbonyl (C=O) groups is 2. The molecule has 1 aliphatic rings. The van der Waals surface area contributed by atoms with Crippen LogP contribution in [0.25, 0.3) is 0 Å². The van der Waals surface area contributed by atoms with E-state index in [1.165, 1.54) is 12.5 Å². The maximum absolute atomic E-state index is 12.5. The average molecular weight is 412 g/mol. The Morgan fingerprint density at radius 3 is 2.88 bits per heavy atom. The first-order chi connectivity index (χ1) is 11.5. The highest BCUT2D eigenvalue weighted by Crippen LogP contribution is 2.27. The lowest BCUT2D eigenvalue weighted by Gasteiger charge is -2.31. The van der Waals surface area contributed by atoms with Crippen molar-refractivity contribution >= 4 is 45.0 Å². The van der Waals surface area contributed by atoms with Crippen LogP contribution in [0.5, 0.6) is 0 Å². The average Bonchev–Trinajstić information content (AvgIpc) is 3.11. The predicted octanol–water partition coefficient (Wildman–Crippen LogP) is 4.19. The van der Waals surface area contributed by atoms with E-state index >= 15 is 0 Å². The molecule has 0 bridgehead atoms. The van der Waals surface area contributed by atoms with E-state index in [1.54, 1.807) is 23.1 Å². The number of hydrogen-bond acceptors (Lipinski definition) is 3. The third-order valence-electron chi connectivity index (χ3n) is 4.04. The second kappa shape index (κ2) is 7.40. The zero-order valence-electron chi connectivity index (χ0n) is 12.8. The molecule has 1 saturated heterocycles. The summed E-state index contributed by atoms with van der Waals surface area (Å²) in [5.41, 5.74) is 1.08. The maximum atomic E-state index is 12.5. The zero-order chi connectivity index (χ0) is 17.1. The standard InChI is InChI=1S/C17H16BrClN2O3/c18-13-3-4-15(14(19)8-13)20-16(22)11-2-1-6-21(9-11)17(23)12-5-7-24-10-12/h3-5,7-8,10-11H,1-2,6,9H2,(H,20,22)/t11-/m1/s1. The topological polar surface area (TPSA) is 62.6 Å². The minimum atomic E-state index is -0.255. The molecule has 2 aromatic rings. The minimum Gasteiger partial charge on any atom is -0.472 e. The second-order valence-corrected chi connectivity index (χ2v) is 7.04. The Bertz CT molecular complexity index is 748. The zero-order valence-corrected chi connectivity index (χ0v) is 15.1. The van der Waals surface area contributed by atoms with Crippen LogP contribution in [0.4, 0.5) is 5.69 Å². The van der Waals surface area contributed by atoms with Crippen LogP contribution < -0.4 is 5.32 Å². The van der Waals surface area contributed by atoms with Gasteiger partial charge < -0.3 is 14.6 Å². The van der Waals surface area contributed by atoms with Gasteiger partial charge in [-0.05, 0) is 37.1 Å².